The van der Waals surface area contributed by atoms with Crippen molar-refractivity contribution in [3.05, 3.63) is 22.8 Å². The van der Waals surface area contributed by atoms with Gasteiger partial charge in [0, 0.05) is 36.2 Å². The van der Waals surface area contributed by atoms with Crippen molar-refractivity contribution in [2.75, 3.05) is 50.0 Å². The first kappa shape index (κ1) is 23.8. The molecule has 7 rings (SSSR count). The number of nitrogens with one attached hydrogen (secondary N) is 3. The summed E-state index contributed by atoms with van der Waals surface area (Å²) in [5.41, 5.74) is 2.44. The molecule has 3 fully saturated rings. The third-order valence-corrected chi connectivity index (χ3v) is 9.89. The van der Waals surface area contributed by atoms with E-state index in [2.05, 4.69) is 36.8 Å². The minimum atomic E-state index is 0.461. The van der Waals surface area contributed by atoms with Crippen molar-refractivity contribution < 1.29 is 4.74 Å². The largest absolute Gasteiger partial charge is 0.379 e. The van der Waals surface area contributed by atoms with Gasteiger partial charge in [-0.15, -0.1) is 11.3 Å². The van der Waals surface area contributed by atoms with Crippen LogP contribution >= 0.6 is 11.3 Å². The van der Waals surface area contributed by atoms with Crippen LogP contribution in [0.15, 0.2) is 12.4 Å². The van der Waals surface area contributed by atoms with Crippen molar-refractivity contribution in [2.24, 2.45) is 0 Å². The van der Waals surface area contributed by atoms with Crippen LogP contribution in [0.2, 0.25) is 0 Å². The Morgan fingerprint density at radius 3 is 2.65 bits per heavy atom. The maximum atomic E-state index is 5.57. The number of nitrogens with zero attached hydrogens (tertiary/aromatic N) is 5. The van der Waals surface area contributed by atoms with Gasteiger partial charge in [0.2, 0.25) is 5.95 Å². The normalized spacial score (nSPS) is 25.4. The molecule has 0 aromatic carbocycles. The van der Waals surface area contributed by atoms with Crippen molar-refractivity contribution >= 4 is 39.0 Å². The Hall–Kier alpha value is -2.27. The van der Waals surface area contributed by atoms with Crippen molar-refractivity contribution in [2.45, 2.75) is 75.9 Å². The van der Waals surface area contributed by atoms with Gasteiger partial charge in [-0.2, -0.15) is 10.1 Å². The number of thiophene rings is 1. The van der Waals surface area contributed by atoms with Crippen LogP contribution in [0.4, 0.5) is 17.5 Å². The number of anilines is 3. The average Bonchev–Trinajstić information content (AvgIpc) is 3.67. The van der Waals surface area contributed by atoms with E-state index in [1.807, 2.05) is 17.5 Å². The molecule has 4 aliphatic rings. The quantitative estimate of drug-likeness (QED) is 0.446. The molecule has 0 spiro atoms. The van der Waals surface area contributed by atoms with Gasteiger partial charge in [-0.05, 0) is 76.4 Å². The number of aromatic nitrogens is 4. The Balaban J connectivity index is 1.10. The lowest BCUT2D eigenvalue weighted by Gasteiger charge is -2.39. The molecular weight excluding hydrogens is 484 g/mol. The van der Waals surface area contributed by atoms with Gasteiger partial charge in [-0.25, -0.2) is 4.98 Å². The fourth-order valence-corrected chi connectivity index (χ4v) is 7.94. The van der Waals surface area contributed by atoms with Gasteiger partial charge in [-0.3, -0.25) is 9.58 Å². The maximum absolute atomic E-state index is 5.57. The van der Waals surface area contributed by atoms with Crippen LogP contribution in [0.1, 0.15) is 61.4 Å². The molecule has 10 heteroatoms. The van der Waals surface area contributed by atoms with E-state index in [0.717, 1.165) is 75.0 Å². The van der Waals surface area contributed by atoms with E-state index in [4.69, 9.17) is 14.7 Å². The second kappa shape index (κ2) is 10.5. The third-order valence-electron chi connectivity index (χ3n) is 8.70. The van der Waals surface area contributed by atoms with Crippen molar-refractivity contribution in [3.8, 4) is 0 Å². The fourth-order valence-electron chi connectivity index (χ4n) is 6.68. The highest BCUT2D eigenvalue weighted by Gasteiger charge is 2.29. The zero-order valence-electron chi connectivity index (χ0n) is 21.5. The van der Waals surface area contributed by atoms with E-state index in [-0.39, 0.29) is 0 Å². The fraction of sp³-hybridized carbons (Fsp3) is 0.667. The predicted octanol–water partition coefficient (Wildman–Crippen LogP) is 4.10. The number of piperidine rings is 1. The number of hydrogen-bond acceptors (Lipinski definition) is 9. The molecule has 2 aliphatic heterocycles. The lowest BCUT2D eigenvalue weighted by Crippen LogP contribution is -2.46. The Labute approximate surface area is 222 Å². The van der Waals surface area contributed by atoms with Crippen molar-refractivity contribution in [1.82, 2.24) is 30.0 Å². The minimum Gasteiger partial charge on any atom is -0.379 e. The van der Waals surface area contributed by atoms with Gasteiger partial charge in [-0.1, -0.05) is 0 Å². The Kier molecular flexibility index (Phi) is 6.74. The van der Waals surface area contributed by atoms with E-state index >= 15 is 0 Å². The number of hydrogen-bond donors (Lipinski definition) is 3. The molecule has 37 heavy (non-hydrogen) atoms. The zero-order valence-corrected chi connectivity index (χ0v) is 22.4. The lowest BCUT2D eigenvalue weighted by atomic mass is 9.90. The van der Waals surface area contributed by atoms with E-state index in [1.165, 1.54) is 54.4 Å². The smallest absolute Gasteiger partial charge is 0.230 e. The van der Waals surface area contributed by atoms with E-state index in [1.54, 1.807) is 0 Å². The number of fused-ring (bicyclic) bond motifs is 3. The minimum absolute atomic E-state index is 0.461. The standard InChI is InChI=1S/C27H38N8OS/c1-2-22-23(3-1)37-26-24(22)25(30-18-4-6-20(7-5-18)34-12-14-36-15-13-34)32-27(33-26)31-19-16-29-35(17-19)21-8-10-28-11-9-21/h16-18,20-21,28H,1-15H2,(H2,30,31,32,33)/t18-,20-. The monoisotopic (exact) mass is 522 g/mol. The molecule has 0 bridgehead atoms. The lowest BCUT2D eigenvalue weighted by molar-refractivity contribution is 0.00791. The topological polar surface area (TPSA) is 92.2 Å². The van der Waals surface area contributed by atoms with Crippen molar-refractivity contribution in [1.29, 1.82) is 0 Å². The third kappa shape index (κ3) is 4.96. The van der Waals surface area contributed by atoms with E-state index in [9.17, 15) is 0 Å². The number of aryl methyl sites for hydroxylation is 2. The first-order chi connectivity index (χ1) is 18.3. The molecule has 3 N–H and O–H groups in total. The molecule has 0 amide bonds. The second-order valence-corrected chi connectivity index (χ2v) is 12.1. The molecule has 2 aliphatic carbocycles. The van der Waals surface area contributed by atoms with Crippen LogP contribution < -0.4 is 16.0 Å². The van der Waals surface area contributed by atoms with Gasteiger partial charge >= 0.3 is 0 Å². The highest BCUT2D eigenvalue weighted by molar-refractivity contribution is 7.19. The van der Waals surface area contributed by atoms with Crippen molar-refractivity contribution in [3.63, 3.8) is 0 Å². The first-order valence-corrected chi connectivity index (χ1v) is 15.0. The Morgan fingerprint density at radius 1 is 0.973 bits per heavy atom. The highest BCUT2D eigenvalue weighted by atomic mass is 32.1. The Bertz CT molecular complexity index is 1220. The highest BCUT2D eigenvalue weighted by Crippen LogP contribution is 2.41. The van der Waals surface area contributed by atoms with Crippen LogP contribution in [0.5, 0.6) is 0 Å². The summed E-state index contributed by atoms with van der Waals surface area (Å²) in [4.78, 5) is 15.3. The molecule has 5 heterocycles. The summed E-state index contributed by atoms with van der Waals surface area (Å²) in [6, 6.07) is 1.62. The molecule has 0 radical (unpaired) electrons. The molecular formula is C27H38N8OS. The summed E-state index contributed by atoms with van der Waals surface area (Å²) in [6.07, 6.45) is 14.7. The molecule has 1 saturated carbocycles. The van der Waals surface area contributed by atoms with Gasteiger partial charge in [0.25, 0.3) is 0 Å². The first-order valence-electron chi connectivity index (χ1n) is 14.2. The molecule has 9 nitrogen and oxygen atoms in total. The molecule has 2 saturated heterocycles. The summed E-state index contributed by atoms with van der Waals surface area (Å²) in [5.74, 6) is 1.69. The second-order valence-electron chi connectivity index (χ2n) is 11.0. The van der Waals surface area contributed by atoms with Gasteiger partial charge in [0.1, 0.15) is 10.6 Å². The predicted molar refractivity (Wildman–Crippen MR) is 148 cm³/mol. The van der Waals surface area contributed by atoms with E-state index in [0.29, 0.717) is 24.1 Å². The van der Waals surface area contributed by atoms with Gasteiger partial charge < -0.3 is 20.7 Å². The number of ether oxygens (including phenoxy) is 1. The van der Waals surface area contributed by atoms with Gasteiger partial charge in [0.15, 0.2) is 0 Å². The summed E-state index contributed by atoms with van der Waals surface area (Å²) >= 11 is 1.86. The molecule has 0 atom stereocenters. The zero-order chi connectivity index (χ0) is 24.6. The maximum Gasteiger partial charge on any atom is 0.230 e. The van der Waals surface area contributed by atoms with Crippen LogP contribution in [0.25, 0.3) is 10.2 Å². The SMILES string of the molecule is c1nn(C2CCNCC2)cc1Nc1nc(N[C@H]2CC[C@H](N3CCOCC3)CC2)c2c3c(sc2n1)CCC3. The summed E-state index contributed by atoms with van der Waals surface area (Å²) < 4.78 is 7.67. The van der Waals surface area contributed by atoms with Gasteiger partial charge in [0.05, 0.1) is 36.5 Å². The molecule has 3 aromatic rings. The van der Waals surface area contributed by atoms with E-state index < -0.39 is 0 Å². The molecule has 0 unspecified atom stereocenters. The molecule has 198 valence electrons. The summed E-state index contributed by atoms with van der Waals surface area (Å²) in [5, 5.41) is 16.7. The van der Waals surface area contributed by atoms with Crippen LogP contribution in [-0.4, -0.2) is 76.1 Å². The molecule has 3 aromatic heterocycles. The Morgan fingerprint density at radius 2 is 1.81 bits per heavy atom. The number of rotatable bonds is 6. The van der Waals surface area contributed by atoms with Crippen LogP contribution in [-0.2, 0) is 17.6 Å². The average molecular weight is 523 g/mol. The summed E-state index contributed by atoms with van der Waals surface area (Å²) in [6.45, 7) is 6.04. The summed E-state index contributed by atoms with van der Waals surface area (Å²) in [7, 11) is 0. The van der Waals surface area contributed by atoms with Crippen LogP contribution in [0.3, 0.4) is 0 Å². The van der Waals surface area contributed by atoms with Crippen LogP contribution in [0, 0.1) is 0 Å². The number of morpholine rings is 1.